The molecule has 2 aromatic carbocycles. The van der Waals surface area contributed by atoms with Gasteiger partial charge in [-0.15, -0.1) is 0 Å². The molecule has 0 N–H and O–H groups in total. The summed E-state index contributed by atoms with van der Waals surface area (Å²) in [5.74, 6) is 0.0143. The zero-order valence-corrected chi connectivity index (χ0v) is 13.4. The summed E-state index contributed by atoms with van der Waals surface area (Å²) < 4.78 is 0. The molecule has 0 saturated carbocycles. The first-order valence-electron chi connectivity index (χ1n) is 7.71. The Bertz CT molecular complexity index is 813. The zero-order valence-electron chi connectivity index (χ0n) is 12.6. The molecule has 23 heavy (non-hydrogen) atoms. The average Bonchev–Trinajstić information content (AvgIpc) is 2.83. The Kier molecular flexibility index (Phi) is 3.46. The van der Waals surface area contributed by atoms with Crippen LogP contribution in [0.5, 0.6) is 0 Å². The fraction of sp³-hybridized carbons (Fsp3) is 0.158. The van der Waals surface area contributed by atoms with E-state index >= 15 is 0 Å². The van der Waals surface area contributed by atoms with Crippen LogP contribution in [0.4, 0.5) is 0 Å². The Morgan fingerprint density at radius 1 is 1.00 bits per heavy atom. The maximum atomic E-state index is 12.7. The van der Waals surface area contributed by atoms with Crippen molar-refractivity contribution in [3.05, 3.63) is 77.0 Å². The van der Waals surface area contributed by atoms with E-state index in [1.165, 1.54) is 11.1 Å². The quantitative estimate of drug-likeness (QED) is 0.811. The van der Waals surface area contributed by atoms with Crippen molar-refractivity contribution in [3.8, 4) is 0 Å². The number of fused-ring (bicyclic) bond motifs is 2. The van der Waals surface area contributed by atoms with Crippen molar-refractivity contribution in [2.75, 3.05) is 6.54 Å². The Hall–Kier alpha value is -2.46. The molecule has 0 radical (unpaired) electrons. The molecule has 0 spiro atoms. The van der Waals surface area contributed by atoms with Gasteiger partial charge < -0.3 is 4.90 Å². The van der Waals surface area contributed by atoms with Crippen molar-refractivity contribution < 1.29 is 4.79 Å². The molecule has 0 bridgehead atoms. The molecule has 4 heteroatoms. The number of rotatable bonds is 3. The van der Waals surface area contributed by atoms with Gasteiger partial charge in [-0.3, -0.25) is 9.69 Å². The van der Waals surface area contributed by atoms with Crippen LogP contribution in [-0.2, 0) is 17.8 Å². The molecule has 2 heterocycles. The highest BCUT2D eigenvalue weighted by Gasteiger charge is 2.39. The Morgan fingerprint density at radius 2 is 1.74 bits per heavy atom. The molecular weight excluding hydrogens is 304 g/mol. The summed E-state index contributed by atoms with van der Waals surface area (Å²) in [6.07, 6.45) is 2.76. The van der Waals surface area contributed by atoms with Crippen LogP contribution in [0.3, 0.4) is 0 Å². The number of thiocarbonyl (C=S) groups is 1. The van der Waals surface area contributed by atoms with Crippen molar-refractivity contribution in [2.24, 2.45) is 0 Å². The smallest absolute Gasteiger partial charge is 0.276 e. The van der Waals surface area contributed by atoms with Gasteiger partial charge in [-0.1, -0.05) is 54.6 Å². The molecule has 0 aromatic heterocycles. The zero-order chi connectivity index (χ0) is 15.8. The van der Waals surface area contributed by atoms with Crippen LogP contribution in [0, 0.1) is 0 Å². The Balaban J connectivity index is 1.57. The third kappa shape index (κ3) is 2.45. The first-order valence-corrected chi connectivity index (χ1v) is 8.12. The summed E-state index contributed by atoms with van der Waals surface area (Å²) in [7, 11) is 0. The molecule has 0 aliphatic carbocycles. The van der Waals surface area contributed by atoms with Crippen LogP contribution >= 0.6 is 12.2 Å². The van der Waals surface area contributed by atoms with Crippen molar-refractivity contribution in [3.63, 3.8) is 0 Å². The lowest BCUT2D eigenvalue weighted by Gasteiger charge is -2.24. The summed E-state index contributed by atoms with van der Waals surface area (Å²) in [6.45, 7) is 1.29. The van der Waals surface area contributed by atoms with Crippen LogP contribution in [0.1, 0.15) is 16.7 Å². The minimum atomic E-state index is 0.0143. The lowest BCUT2D eigenvalue weighted by molar-refractivity contribution is -0.122. The second-order valence-electron chi connectivity index (χ2n) is 5.79. The highest BCUT2D eigenvalue weighted by molar-refractivity contribution is 7.80. The lowest BCUT2D eigenvalue weighted by Crippen LogP contribution is -2.34. The highest BCUT2D eigenvalue weighted by Crippen LogP contribution is 2.31. The first-order chi connectivity index (χ1) is 11.2. The van der Waals surface area contributed by atoms with Crippen LogP contribution in [-0.4, -0.2) is 27.4 Å². The van der Waals surface area contributed by atoms with Crippen LogP contribution < -0.4 is 0 Å². The van der Waals surface area contributed by atoms with Gasteiger partial charge in [-0.05, 0) is 41.4 Å². The minimum absolute atomic E-state index is 0.0143. The van der Waals surface area contributed by atoms with E-state index in [0.29, 0.717) is 23.9 Å². The van der Waals surface area contributed by atoms with Crippen LogP contribution in [0.25, 0.3) is 6.08 Å². The molecule has 1 amide bonds. The number of amides is 1. The molecule has 0 unspecified atom stereocenters. The number of benzene rings is 2. The standard InChI is InChI=1S/C19H16N2OS/c22-18-17-12-15-8-4-5-9-16(15)13-21(17)19(23)20(18)11-10-14-6-2-1-3-7-14/h1-9,12H,10-11,13H2. The molecule has 0 atom stereocenters. The summed E-state index contributed by atoms with van der Waals surface area (Å²) in [4.78, 5) is 16.4. The lowest BCUT2D eigenvalue weighted by atomic mass is 10.0. The monoisotopic (exact) mass is 320 g/mol. The van der Waals surface area contributed by atoms with Gasteiger partial charge in [0.1, 0.15) is 5.70 Å². The third-order valence-corrected chi connectivity index (χ3v) is 4.80. The van der Waals surface area contributed by atoms with Crippen LogP contribution in [0.15, 0.2) is 60.3 Å². The van der Waals surface area contributed by atoms with Gasteiger partial charge in [-0.25, -0.2) is 0 Å². The average molecular weight is 320 g/mol. The number of hydrogen-bond donors (Lipinski definition) is 0. The number of carbonyl (C=O) groups excluding carboxylic acids is 1. The minimum Gasteiger partial charge on any atom is -0.309 e. The second-order valence-corrected chi connectivity index (χ2v) is 6.15. The summed E-state index contributed by atoms with van der Waals surface area (Å²) in [5, 5.41) is 0.617. The largest absolute Gasteiger partial charge is 0.309 e. The van der Waals surface area contributed by atoms with E-state index < -0.39 is 0 Å². The van der Waals surface area contributed by atoms with Crippen molar-refractivity contribution in [1.82, 2.24) is 9.80 Å². The van der Waals surface area contributed by atoms with Gasteiger partial charge in [0.2, 0.25) is 0 Å². The van der Waals surface area contributed by atoms with E-state index in [0.717, 1.165) is 12.0 Å². The topological polar surface area (TPSA) is 23.6 Å². The van der Waals surface area contributed by atoms with E-state index in [-0.39, 0.29) is 5.91 Å². The molecule has 2 aromatic rings. The normalized spacial score (nSPS) is 16.3. The summed E-state index contributed by atoms with van der Waals surface area (Å²) in [6, 6.07) is 18.3. The second kappa shape index (κ2) is 5.63. The van der Waals surface area contributed by atoms with Gasteiger partial charge in [-0.2, -0.15) is 0 Å². The molecule has 4 rings (SSSR count). The Morgan fingerprint density at radius 3 is 2.57 bits per heavy atom. The van der Waals surface area contributed by atoms with E-state index in [4.69, 9.17) is 12.2 Å². The van der Waals surface area contributed by atoms with Crippen molar-refractivity contribution in [2.45, 2.75) is 13.0 Å². The Labute approximate surface area is 140 Å². The number of carbonyl (C=O) groups is 1. The number of hydrogen-bond acceptors (Lipinski definition) is 2. The van der Waals surface area contributed by atoms with Gasteiger partial charge in [0.15, 0.2) is 5.11 Å². The number of nitrogens with zero attached hydrogens (tertiary/aromatic N) is 2. The first kappa shape index (κ1) is 14.2. The van der Waals surface area contributed by atoms with Gasteiger partial charge >= 0.3 is 0 Å². The molecular formula is C19H16N2OS. The molecule has 114 valence electrons. The van der Waals surface area contributed by atoms with Gasteiger partial charge in [0.05, 0.1) is 6.54 Å². The van der Waals surface area contributed by atoms with Crippen molar-refractivity contribution in [1.29, 1.82) is 0 Å². The summed E-state index contributed by atoms with van der Waals surface area (Å²) in [5.41, 5.74) is 4.23. The van der Waals surface area contributed by atoms with E-state index in [2.05, 4.69) is 18.2 Å². The van der Waals surface area contributed by atoms with Crippen LogP contribution in [0.2, 0.25) is 0 Å². The molecule has 1 fully saturated rings. The highest BCUT2D eigenvalue weighted by atomic mass is 32.1. The maximum absolute atomic E-state index is 12.7. The molecule has 1 saturated heterocycles. The maximum Gasteiger partial charge on any atom is 0.276 e. The SMILES string of the molecule is O=C1C2=Cc3ccccc3CN2C(=S)N1CCc1ccccc1. The summed E-state index contributed by atoms with van der Waals surface area (Å²) >= 11 is 5.55. The predicted molar refractivity (Wildman–Crippen MR) is 94.4 cm³/mol. The fourth-order valence-corrected chi connectivity index (χ4v) is 3.44. The fourth-order valence-electron chi connectivity index (χ4n) is 3.10. The van der Waals surface area contributed by atoms with E-state index in [1.807, 2.05) is 47.4 Å². The molecule has 2 aliphatic heterocycles. The third-order valence-electron chi connectivity index (χ3n) is 4.36. The predicted octanol–water partition coefficient (Wildman–Crippen LogP) is 3.21. The van der Waals surface area contributed by atoms with Gasteiger partial charge in [0, 0.05) is 6.54 Å². The molecule has 2 aliphatic rings. The molecule has 3 nitrogen and oxygen atoms in total. The van der Waals surface area contributed by atoms with Crippen molar-refractivity contribution >= 4 is 29.3 Å². The van der Waals surface area contributed by atoms with E-state index in [1.54, 1.807) is 4.90 Å². The van der Waals surface area contributed by atoms with E-state index in [9.17, 15) is 4.79 Å². The van der Waals surface area contributed by atoms with Gasteiger partial charge in [0.25, 0.3) is 5.91 Å².